The SMILES string of the molecule is Cc1ccc(=O)n(CC2CCN(c3cc(=O)n4ccccc4n3)CC2)n1. The zero-order valence-corrected chi connectivity index (χ0v) is 14.7. The highest BCUT2D eigenvalue weighted by Crippen LogP contribution is 2.22. The van der Waals surface area contributed by atoms with Gasteiger partial charge in [0.25, 0.3) is 11.1 Å². The second-order valence-electron chi connectivity index (χ2n) is 6.81. The number of pyridine rings is 1. The molecular formula is C19H21N5O2. The Balaban J connectivity index is 1.48. The number of anilines is 1. The van der Waals surface area contributed by atoms with E-state index in [2.05, 4.69) is 15.0 Å². The average Bonchev–Trinajstić information content (AvgIpc) is 2.65. The molecule has 3 aromatic heterocycles. The molecule has 134 valence electrons. The molecule has 4 heterocycles. The van der Waals surface area contributed by atoms with Gasteiger partial charge in [-0.15, -0.1) is 0 Å². The van der Waals surface area contributed by atoms with Crippen molar-refractivity contribution in [1.82, 2.24) is 19.2 Å². The summed E-state index contributed by atoms with van der Waals surface area (Å²) in [5.41, 5.74) is 1.39. The summed E-state index contributed by atoms with van der Waals surface area (Å²) in [6.45, 7) is 4.17. The molecule has 0 atom stereocenters. The van der Waals surface area contributed by atoms with Gasteiger partial charge in [-0.25, -0.2) is 9.67 Å². The van der Waals surface area contributed by atoms with Crippen molar-refractivity contribution in [2.24, 2.45) is 5.92 Å². The third-order valence-corrected chi connectivity index (χ3v) is 4.93. The highest BCUT2D eigenvalue weighted by Gasteiger charge is 2.22. The lowest BCUT2D eigenvalue weighted by molar-refractivity contribution is 0.333. The van der Waals surface area contributed by atoms with E-state index in [0.717, 1.165) is 37.4 Å². The highest BCUT2D eigenvalue weighted by molar-refractivity contribution is 5.48. The number of nitrogens with zero attached hydrogens (tertiary/aromatic N) is 5. The van der Waals surface area contributed by atoms with Crippen molar-refractivity contribution in [3.05, 3.63) is 69.0 Å². The summed E-state index contributed by atoms with van der Waals surface area (Å²) in [6.07, 6.45) is 3.61. The van der Waals surface area contributed by atoms with Crippen LogP contribution in [0.1, 0.15) is 18.5 Å². The van der Waals surface area contributed by atoms with Crippen molar-refractivity contribution < 1.29 is 0 Å². The molecule has 0 aliphatic carbocycles. The van der Waals surface area contributed by atoms with Gasteiger partial charge in [-0.2, -0.15) is 5.10 Å². The van der Waals surface area contributed by atoms with Gasteiger partial charge in [0, 0.05) is 38.0 Å². The predicted molar refractivity (Wildman–Crippen MR) is 99.6 cm³/mol. The summed E-state index contributed by atoms with van der Waals surface area (Å²) in [5, 5.41) is 4.32. The van der Waals surface area contributed by atoms with E-state index in [-0.39, 0.29) is 11.1 Å². The van der Waals surface area contributed by atoms with Gasteiger partial charge in [-0.1, -0.05) is 6.07 Å². The van der Waals surface area contributed by atoms with Crippen molar-refractivity contribution in [2.75, 3.05) is 18.0 Å². The number of hydrogen-bond acceptors (Lipinski definition) is 5. The van der Waals surface area contributed by atoms with Crippen LogP contribution in [-0.2, 0) is 6.54 Å². The van der Waals surface area contributed by atoms with E-state index in [1.54, 1.807) is 33.5 Å². The lowest BCUT2D eigenvalue weighted by Gasteiger charge is -2.32. The Hall–Kier alpha value is -2.96. The largest absolute Gasteiger partial charge is 0.356 e. The van der Waals surface area contributed by atoms with E-state index >= 15 is 0 Å². The first kappa shape index (κ1) is 16.5. The summed E-state index contributed by atoms with van der Waals surface area (Å²) in [5.74, 6) is 1.13. The molecule has 0 amide bonds. The smallest absolute Gasteiger partial charge is 0.266 e. The fourth-order valence-corrected chi connectivity index (χ4v) is 3.47. The van der Waals surface area contributed by atoms with Crippen LogP contribution < -0.4 is 16.0 Å². The number of piperidine rings is 1. The second-order valence-corrected chi connectivity index (χ2v) is 6.81. The Morgan fingerprint density at radius 3 is 2.69 bits per heavy atom. The van der Waals surface area contributed by atoms with Gasteiger partial charge in [-0.05, 0) is 43.9 Å². The highest BCUT2D eigenvalue weighted by atomic mass is 16.1. The second kappa shape index (κ2) is 6.74. The van der Waals surface area contributed by atoms with Crippen LogP contribution in [0.2, 0.25) is 0 Å². The van der Waals surface area contributed by atoms with Crippen LogP contribution in [0.25, 0.3) is 5.65 Å². The van der Waals surface area contributed by atoms with E-state index in [4.69, 9.17) is 0 Å². The predicted octanol–water partition coefficient (Wildman–Crippen LogP) is 1.48. The van der Waals surface area contributed by atoms with Gasteiger partial charge in [0.1, 0.15) is 11.5 Å². The molecule has 0 radical (unpaired) electrons. The van der Waals surface area contributed by atoms with E-state index in [0.29, 0.717) is 18.1 Å². The van der Waals surface area contributed by atoms with Crippen molar-refractivity contribution in [1.29, 1.82) is 0 Å². The van der Waals surface area contributed by atoms with E-state index < -0.39 is 0 Å². The molecule has 26 heavy (non-hydrogen) atoms. The standard InChI is InChI=1S/C19H21N5O2/c1-14-5-6-18(25)24(21-14)13-15-7-10-22(11-8-15)17-12-19(26)23-9-3-2-4-16(23)20-17/h2-6,9,12,15H,7-8,10-11,13H2,1H3. The minimum Gasteiger partial charge on any atom is -0.356 e. The third-order valence-electron chi connectivity index (χ3n) is 4.93. The summed E-state index contributed by atoms with van der Waals surface area (Å²) < 4.78 is 3.11. The molecule has 7 nitrogen and oxygen atoms in total. The van der Waals surface area contributed by atoms with E-state index in [9.17, 15) is 9.59 Å². The molecule has 4 rings (SSSR count). The zero-order valence-electron chi connectivity index (χ0n) is 14.7. The number of hydrogen-bond donors (Lipinski definition) is 0. The molecule has 1 saturated heterocycles. The van der Waals surface area contributed by atoms with Crippen molar-refractivity contribution in [2.45, 2.75) is 26.3 Å². The van der Waals surface area contributed by atoms with Crippen LogP contribution in [0.4, 0.5) is 5.82 Å². The maximum atomic E-state index is 12.3. The maximum Gasteiger partial charge on any atom is 0.266 e. The molecule has 0 aromatic carbocycles. The number of fused-ring (bicyclic) bond motifs is 1. The number of aryl methyl sites for hydroxylation is 1. The van der Waals surface area contributed by atoms with Gasteiger partial charge in [0.2, 0.25) is 0 Å². The first-order valence-corrected chi connectivity index (χ1v) is 8.88. The van der Waals surface area contributed by atoms with Gasteiger partial charge >= 0.3 is 0 Å². The molecule has 0 N–H and O–H groups in total. The monoisotopic (exact) mass is 351 g/mol. The molecule has 0 unspecified atom stereocenters. The lowest BCUT2D eigenvalue weighted by Crippen LogP contribution is -2.38. The average molecular weight is 351 g/mol. The Labute approximate surface area is 150 Å². The fourth-order valence-electron chi connectivity index (χ4n) is 3.47. The maximum absolute atomic E-state index is 12.3. The molecule has 3 aromatic rings. The van der Waals surface area contributed by atoms with Crippen molar-refractivity contribution in [3.63, 3.8) is 0 Å². The van der Waals surface area contributed by atoms with Gasteiger partial charge in [0.15, 0.2) is 0 Å². The quantitative estimate of drug-likeness (QED) is 0.715. The van der Waals surface area contributed by atoms with Gasteiger partial charge < -0.3 is 4.90 Å². The van der Waals surface area contributed by atoms with Crippen LogP contribution in [0.3, 0.4) is 0 Å². The normalized spacial score (nSPS) is 15.5. The molecule has 7 heteroatoms. The summed E-state index contributed by atoms with van der Waals surface area (Å²) in [4.78, 5) is 31.0. The number of rotatable bonds is 3. The van der Waals surface area contributed by atoms with Gasteiger partial charge in [0.05, 0.1) is 5.69 Å². The Morgan fingerprint density at radius 2 is 1.88 bits per heavy atom. The van der Waals surface area contributed by atoms with Crippen LogP contribution in [0.15, 0.2) is 52.2 Å². The van der Waals surface area contributed by atoms with Gasteiger partial charge in [-0.3, -0.25) is 14.0 Å². The first-order valence-electron chi connectivity index (χ1n) is 8.88. The molecular weight excluding hydrogens is 330 g/mol. The molecule has 0 bridgehead atoms. The number of aromatic nitrogens is 4. The minimum absolute atomic E-state index is 0.0535. The van der Waals surface area contributed by atoms with Crippen LogP contribution >= 0.6 is 0 Å². The molecule has 0 saturated carbocycles. The minimum atomic E-state index is -0.0664. The van der Waals surface area contributed by atoms with Crippen molar-refractivity contribution in [3.8, 4) is 0 Å². The molecule has 1 fully saturated rings. The summed E-state index contributed by atoms with van der Waals surface area (Å²) in [6, 6.07) is 10.5. The lowest BCUT2D eigenvalue weighted by atomic mass is 9.97. The molecule has 0 spiro atoms. The summed E-state index contributed by atoms with van der Waals surface area (Å²) >= 11 is 0. The Morgan fingerprint density at radius 1 is 1.08 bits per heavy atom. The molecule has 1 aliphatic rings. The van der Waals surface area contributed by atoms with Crippen LogP contribution in [-0.4, -0.2) is 32.3 Å². The molecule has 1 aliphatic heterocycles. The summed E-state index contributed by atoms with van der Waals surface area (Å²) in [7, 11) is 0. The van der Waals surface area contributed by atoms with E-state index in [1.165, 1.54) is 0 Å². The third kappa shape index (κ3) is 3.24. The topological polar surface area (TPSA) is 72.5 Å². The zero-order chi connectivity index (χ0) is 18.1. The first-order chi connectivity index (χ1) is 12.6. The Kier molecular flexibility index (Phi) is 4.28. The van der Waals surface area contributed by atoms with Crippen LogP contribution in [0, 0.1) is 12.8 Å². The van der Waals surface area contributed by atoms with E-state index in [1.807, 2.05) is 25.1 Å². The van der Waals surface area contributed by atoms with Crippen molar-refractivity contribution >= 4 is 11.5 Å². The fraction of sp³-hybridized carbons (Fsp3) is 0.368. The Bertz CT molecular complexity index is 1050. The van der Waals surface area contributed by atoms with Crippen LogP contribution in [0.5, 0.6) is 0 Å².